The van der Waals surface area contributed by atoms with Crippen LogP contribution in [0.15, 0.2) is 33.2 Å². The number of aromatic nitrogens is 2. The maximum Gasteiger partial charge on any atom is 0.277 e. The molecule has 0 aliphatic rings. The zero-order valence-corrected chi connectivity index (χ0v) is 19.5. The van der Waals surface area contributed by atoms with E-state index in [2.05, 4.69) is 15.5 Å². The Morgan fingerprint density at radius 3 is 2.47 bits per heavy atom. The number of ether oxygens (including phenoxy) is 3. The molecule has 0 saturated heterocycles. The van der Waals surface area contributed by atoms with E-state index in [1.54, 1.807) is 23.6 Å². The van der Waals surface area contributed by atoms with Gasteiger partial charge in [0, 0.05) is 5.56 Å². The van der Waals surface area contributed by atoms with Gasteiger partial charge in [-0.3, -0.25) is 4.79 Å². The number of nitrogens with zero attached hydrogens (tertiary/aromatic N) is 3. The van der Waals surface area contributed by atoms with Crippen LogP contribution in [0.3, 0.4) is 0 Å². The fourth-order valence-electron chi connectivity index (χ4n) is 2.68. The van der Waals surface area contributed by atoms with Gasteiger partial charge in [0.25, 0.3) is 5.22 Å². The summed E-state index contributed by atoms with van der Waals surface area (Å²) in [4.78, 5) is 12.2. The molecule has 0 saturated carbocycles. The lowest BCUT2D eigenvalue weighted by Gasteiger charge is -2.16. The number of hydrogen-bond acceptors (Lipinski definition) is 10. The number of benzene rings is 1. The Bertz CT molecular complexity index is 1080. The van der Waals surface area contributed by atoms with Crippen molar-refractivity contribution < 1.29 is 23.4 Å². The summed E-state index contributed by atoms with van der Waals surface area (Å²) in [5.74, 6) is 1.62. The Morgan fingerprint density at radius 1 is 1.16 bits per heavy atom. The number of carbonyl (C=O) groups is 1. The van der Waals surface area contributed by atoms with Gasteiger partial charge >= 0.3 is 0 Å². The topological polar surface area (TPSA) is 120 Å². The van der Waals surface area contributed by atoms with Gasteiger partial charge in [-0.2, -0.15) is 5.26 Å². The average Bonchev–Trinajstić information content (AvgIpc) is 3.44. The summed E-state index contributed by atoms with van der Waals surface area (Å²) in [6, 6.07) is 7.20. The van der Waals surface area contributed by atoms with Gasteiger partial charge in [-0.25, -0.2) is 0 Å². The van der Waals surface area contributed by atoms with Crippen molar-refractivity contribution in [3.8, 4) is 34.8 Å². The third-order valence-electron chi connectivity index (χ3n) is 3.93. The minimum Gasteiger partial charge on any atom is -0.490 e. The van der Waals surface area contributed by atoms with E-state index >= 15 is 0 Å². The van der Waals surface area contributed by atoms with Crippen LogP contribution in [0.5, 0.6) is 17.2 Å². The Labute approximate surface area is 193 Å². The van der Waals surface area contributed by atoms with Gasteiger partial charge in [-0.15, -0.1) is 21.5 Å². The standard InChI is InChI=1S/C21H22N4O5S2/c1-4-27-15-9-14(10-16(28-5-2)18(15)29-6-3)19-24-25-21(30-19)32-12-17(26)23-20-13(11-22)7-8-31-20/h7-10H,4-6,12H2,1-3H3,(H,23,26). The van der Waals surface area contributed by atoms with Crippen LogP contribution in [-0.4, -0.2) is 41.7 Å². The van der Waals surface area contributed by atoms with E-state index < -0.39 is 0 Å². The van der Waals surface area contributed by atoms with Crippen molar-refractivity contribution in [3.63, 3.8) is 0 Å². The summed E-state index contributed by atoms with van der Waals surface area (Å²) in [7, 11) is 0. The predicted octanol–water partition coefficient (Wildman–Crippen LogP) is 4.60. The van der Waals surface area contributed by atoms with Gasteiger partial charge < -0.3 is 23.9 Å². The van der Waals surface area contributed by atoms with Crippen molar-refractivity contribution in [2.75, 3.05) is 30.9 Å². The highest BCUT2D eigenvalue weighted by Crippen LogP contribution is 2.42. The normalized spacial score (nSPS) is 10.4. The summed E-state index contributed by atoms with van der Waals surface area (Å²) >= 11 is 2.39. The molecular weight excluding hydrogens is 452 g/mol. The van der Waals surface area contributed by atoms with Crippen molar-refractivity contribution in [3.05, 3.63) is 29.1 Å². The maximum atomic E-state index is 12.2. The number of hydrogen-bond donors (Lipinski definition) is 1. The molecule has 0 atom stereocenters. The molecule has 2 heterocycles. The summed E-state index contributed by atoms with van der Waals surface area (Å²) in [6.07, 6.45) is 0. The minimum absolute atomic E-state index is 0.0576. The molecule has 0 fully saturated rings. The Hall–Kier alpha value is -3.23. The number of thioether (sulfide) groups is 1. The van der Waals surface area contributed by atoms with Crippen molar-refractivity contribution in [2.45, 2.75) is 26.0 Å². The van der Waals surface area contributed by atoms with E-state index in [9.17, 15) is 4.79 Å². The Morgan fingerprint density at radius 2 is 1.84 bits per heavy atom. The second-order valence-electron chi connectivity index (χ2n) is 6.09. The van der Waals surface area contributed by atoms with Crippen LogP contribution in [0.2, 0.25) is 0 Å². The highest BCUT2D eigenvalue weighted by molar-refractivity contribution is 7.99. The molecule has 32 heavy (non-hydrogen) atoms. The third-order valence-corrected chi connectivity index (χ3v) is 5.58. The molecule has 9 nitrogen and oxygen atoms in total. The average molecular weight is 475 g/mol. The predicted molar refractivity (Wildman–Crippen MR) is 122 cm³/mol. The third kappa shape index (κ3) is 5.72. The van der Waals surface area contributed by atoms with Gasteiger partial charge in [0.1, 0.15) is 11.1 Å². The van der Waals surface area contributed by atoms with Crippen LogP contribution in [0, 0.1) is 11.3 Å². The van der Waals surface area contributed by atoms with Crippen LogP contribution in [0.1, 0.15) is 26.3 Å². The lowest BCUT2D eigenvalue weighted by atomic mass is 10.2. The highest BCUT2D eigenvalue weighted by atomic mass is 32.2. The van der Waals surface area contributed by atoms with E-state index in [1.807, 2.05) is 26.8 Å². The molecule has 0 unspecified atom stereocenters. The van der Waals surface area contributed by atoms with Crippen LogP contribution < -0.4 is 19.5 Å². The molecule has 3 aromatic rings. The molecule has 1 N–H and O–H groups in total. The molecule has 0 radical (unpaired) electrons. The van der Waals surface area contributed by atoms with Crippen molar-refractivity contribution in [2.24, 2.45) is 0 Å². The zero-order valence-electron chi connectivity index (χ0n) is 17.8. The van der Waals surface area contributed by atoms with E-state index in [1.165, 1.54) is 11.3 Å². The van der Waals surface area contributed by atoms with Crippen LogP contribution in [-0.2, 0) is 4.79 Å². The zero-order chi connectivity index (χ0) is 22.9. The summed E-state index contributed by atoms with van der Waals surface area (Å²) in [5, 5.41) is 22.3. The van der Waals surface area contributed by atoms with Crippen LogP contribution in [0.4, 0.5) is 5.00 Å². The molecule has 0 bridgehead atoms. The number of nitriles is 1. The Kier molecular flexibility index (Phi) is 8.35. The summed E-state index contributed by atoms with van der Waals surface area (Å²) < 4.78 is 22.9. The van der Waals surface area contributed by atoms with E-state index in [-0.39, 0.29) is 22.8 Å². The summed E-state index contributed by atoms with van der Waals surface area (Å²) in [6.45, 7) is 7.01. The molecular formula is C21H22N4O5S2. The molecule has 1 aromatic carbocycles. The van der Waals surface area contributed by atoms with Crippen LogP contribution in [0.25, 0.3) is 11.5 Å². The summed E-state index contributed by atoms with van der Waals surface area (Å²) in [5.41, 5.74) is 1.04. The van der Waals surface area contributed by atoms with Crippen LogP contribution >= 0.6 is 23.1 Å². The first-order valence-electron chi connectivity index (χ1n) is 9.90. The number of nitrogens with one attached hydrogen (secondary N) is 1. The van der Waals surface area contributed by atoms with Gasteiger partial charge in [-0.05, 0) is 44.4 Å². The maximum absolute atomic E-state index is 12.2. The highest BCUT2D eigenvalue weighted by Gasteiger charge is 2.19. The molecule has 0 aliphatic carbocycles. The SMILES string of the molecule is CCOc1cc(-c2nnc(SCC(=O)Nc3sccc3C#N)o2)cc(OCC)c1OCC. The number of amides is 1. The quantitative estimate of drug-likeness (QED) is 0.398. The number of rotatable bonds is 11. The Balaban J connectivity index is 1.74. The second kappa shape index (κ2) is 11.4. The van der Waals surface area contributed by atoms with Gasteiger partial charge in [0.2, 0.25) is 17.5 Å². The smallest absolute Gasteiger partial charge is 0.277 e. The molecule has 1 amide bonds. The molecule has 0 aliphatic heterocycles. The molecule has 168 valence electrons. The first kappa shape index (κ1) is 23.4. The molecule has 11 heteroatoms. The monoisotopic (exact) mass is 474 g/mol. The number of carbonyl (C=O) groups excluding carboxylic acids is 1. The van der Waals surface area contributed by atoms with E-state index in [0.29, 0.717) is 53.2 Å². The van der Waals surface area contributed by atoms with Crippen molar-refractivity contribution in [1.29, 1.82) is 5.26 Å². The van der Waals surface area contributed by atoms with Crippen molar-refractivity contribution in [1.82, 2.24) is 10.2 Å². The van der Waals surface area contributed by atoms with E-state index in [0.717, 1.165) is 11.8 Å². The van der Waals surface area contributed by atoms with E-state index in [4.69, 9.17) is 23.9 Å². The first-order valence-corrected chi connectivity index (χ1v) is 11.8. The molecule has 2 aromatic heterocycles. The number of anilines is 1. The number of thiophene rings is 1. The van der Waals surface area contributed by atoms with Crippen molar-refractivity contribution >= 4 is 34.0 Å². The fourth-order valence-corrected chi connectivity index (χ4v) is 4.00. The first-order chi connectivity index (χ1) is 15.6. The van der Waals surface area contributed by atoms with Gasteiger partial charge in [-0.1, -0.05) is 11.8 Å². The van der Waals surface area contributed by atoms with Gasteiger partial charge in [0.05, 0.1) is 31.1 Å². The second-order valence-corrected chi connectivity index (χ2v) is 7.93. The lowest BCUT2D eigenvalue weighted by molar-refractivity contribution is -0.113. The largest absolute Gasteiger partial charge is 0.490 e. The van der Waals surface area contributed by atoms with Gasteiger partial charge in [0.15, 0.2) is 11.5 Å². The molecule has 0 spiro atoms. The molecule has 3 rings (SSSR count). The lowest BCUT2D eigenvalue weighted by Crippen LogP contribution is -2.13. The fraction of sp³-hybridized carbons (Fsp3) is 0.333. The minimum atomic E-state index is -0.271.